The minimum Gasteiger partial charge on any atom is -0.378 e. The van der Waals surface area contributed by atoms with Gasteiger partial charge in [-0.05, 0) is 5.41 Å². The lowest BCUT2D eigenvalue weighted by Crippen LogP contribution is -2.30. The molecule has 0 atom stereocenters. The number of rotatable bonds is 9. The number of carbonyl (C=O) groups is 1. The molecule has 17 heavy (non-hydrogen) atoms. The molecular formula is C12H26N2O3. The van der Waals surface area contributed by atoms with Crippen molar-refractivity contribution >= 4 is 5.91 Å². The molecule has 0 unspecified atom stereocenters. The van der Waals surface area contributed by atoms with Crippen molar-refractivity contribution in [1.29, 1.82) is 0 Å². The molecular weight excluding hydrogens is 220 g/mol. The van der Waals surface area contributed by atoms with E-state index in [2.05, 4.69) is 5.32 Å². The maximum atomic E-state index is 11.4. The van der Waals surface area contributed by atoms with E-state index < -0.39 is 0 Å². The third-order valence-corrected chi connectivity index (χ3v) is 1.89. The number of amides is 1. The van der Waals surface area contributed by atoms with Crippen LogP contribution in [0.4, 0.5) is 0 Å². The zero-order valence-electron chi connectivity index (χ0n) is 11.3. The zero-order valence-corrected chi connectivity index (χ0v) is 11.3. The Kier molecular flexibility index (Phi) is 9.03. The van der Waals surface area contributed by atoms with Crippen molar-refractivity contribution in [3.8, 4) is 0 Å². The second kappa shape index (κ2) is 9.39. The maximum Gasteiger partial charge on any atom is 0.220 e. The summed E-state index contributed by atoms with van der Waals surface area (Å²) < 4.78 is 10.4. The van der Waals surface area contributed by atoms with Crippen LogP contribution in [-0.2, 0) is 14.3 Å². The standard InChI is InChI=1S/C12H26N2O3/c1-12(2,3)10-11(15)14-5-7-17-9-8-16-6-4-13/h4-10,13H2,1-3H3,(H,14,15). The van der Waals surface area contributed by atoms with Gasteiger partial charge in [0, 0.05) is 19.5 Å². The van der Waals surface area contributed by atoms with E-state index in [4.69, 9.17) is 15.2 Å². The second-order valence-corrected chi connectivity index (χ2v) is 5.10. The number of ether oxygens (including phenoxy) is 2. The molecule has 102 valence electrons. The largest absolute Gasteiger partial charge is 0.378 e. The van der Waals surface area contributed by atoms with Gasteiger partial charge in [0.05, 0.1) is 26.4 Å². The highest BCUT2D eigenvalue weighted by Gasteiger charge is 2.14. The summed E-state index contributed by atoms with van der Waals surface area (Å²) >= 11 is 0. The average Bonchev–Trinajstić information content (AvgIpc) is 2.19. The fourth-order valence-corrected chi connectivity index (χ4v) is 1.21. The monoisotopic (exact) mass is 246 g/mol. The molecule has 0 bridgehead atoms. The summed E-state index contributed by atoms with van der Waals surface area (Å²) in [4.78, 5) is 11.4. The van der Waals surface area contributed by atoms with Crippen molar-refractivity contribution in [3.63, 3.8) is 0 Å². The number of carbonyl (C=O) groups excluding carboxylic acids is 1. The second-order valence-electron chi connectivity index (χ2n) is 5.10. The Morgan fingerprint density at radius 1 is 1.12 bits per heavy atom. The van der Waals surface area contributed by atoms with Gasteiger partial charge in [0.15, 0.2) is 0 Å². The molecule has 0 spiro atoms. The Morgan fingerprint density at radius 3 is 2.24 bits per heavy atom. The maximum absolute atomic E-state index is 11.4. The van der Waals surface area contributed by atoms with Crippen LogP contribution < -0.4 is 11.1 Å². The Labute approximate surface area is 104 Å². The van der Waals surface area contributed by atoms with Crippen molar-refractivity contribution in [1.82, 2.24) is 5.32 Å². The van der Waals surface area contributed by atoms with E-state index in [0.717, 1.165) is 0 Å². The van der Waals surface area contributed by atoms with Crippen LogP contribution in [0.25, 0.3) is 0 Å². The minimum absolute atomic E-state index is 0.0288. The Hall–Kier alpha value is -0.650. The van der Waals surface area contributed by atoms with Gasteiger partial charge in [0.2, 0.25) is 5.91 Å². The van der Waals surface area contributed by atoms with Crippen LogP contribution in [0.5, 0.6) is 0 Å². The summed E-state index contributed by atoms with van der Waals surface area (Å²) in [7, 11) is 0. The minimum atomic E-state index is 0.0288. The molecule has 1 amide bonds. The van der Waals surface area contributed by atoms with Gasteiger partial charge < -0.3 is 20.5 Å². The number of nitrogens with one attached hydrogen (secondary N) is 1. The highest BCUT2D eigenvalue weighted by atomic mass is 16.5. The molecule has 0 saturated carbocycles. The lowest BCUT2D eigenvalue weighted by Gasteiger charge is -2.17. The number of nitrogens with two attached hydrogens (primary N) is 1. The molecule has 0 aromatic rings. The SMILES string of the molecule is CC(C)(C)CC(=O)NCCOCCOCCN. The number of hydrogen-bond acceptors (Lipinski definition) is 4. The third-order valence-electron chi connectivity index (χ3n) is 1.89. The number of hydrogen-bond donors (Lipinski definition) is 2. The van der Waals surface area contributed by atoms with Crippen LogP contribution in [0.15, 0.2) is 0 Å². The van der Waals surface area contributed by atoms with Crippen molar-refractivity contribution in [2.75, 3.05) is 39.5 Å². The van der Waals surface area contributed by atoms with Gasteiger partial charge in [-0.2, -0.15) is 0 Å². The van der Waals surface area contributed by atoms with Gasteiger partial charge in [-0.25, -0.2) is 0 Å². The normalized spacial score (nSPS) is 11.5. The molecule has 0 aliphatic heterocycles. The van der Waals surface area contributed by atoms with Crippen molar-refractivity contribution in [3.05, 3.63) is 0 Å². The van der Waals surface area contributed by atoms with Crippen LogP contribution in [-0.4, -0.2) is 45.4 Å². The predicted octanol–water partition coefficient (Wildman–Crippen LogP) is 0.531. The quantitative estimate of drug-likeness (QED) is 0.582. The predicted molar refractivity (Wildman–Crippen MR) is 67.8 cm³/mol. The van der Waals surface area contributed by atoms with E-state index in [0.29, 0.717) is 45.9 Å². The van der Waals surface area contributed by atoms with Crippen LogP contribution >= 0.6 is 0 Å². The van der Waals surface area contributed by atoms with Gasteiger partial charge in [0.1, 0.15) is 0 Å². The molecule has 5 heteroatoms. The molecule has 0 aliphatic rings. The molecule has 3 N–H and O–H groups in total. The summed E-state index contributed by atoms with van der Waals surface area (Å²) in [5, 5.41) is 2.82. The molecule has 0 saturated heterocycles. The van der Waals surface area contributed by atoms with Gasteiger partial charge in [-0.3, -0.25) is 4.79 Å². The van der Waals surface area contributed by atoms with Gasteiger partial charge >= 0.3 is 0 Å². The van der Waals surface area contributed by atoms with E-state index >= 15 is 0 Å². The van der Waals surface area contributed by atoms with Gasteiger partial charge in [0.25, 0.3) is 0 Å². The average molecular weight is 246 g/mol. The fourth-order valence-electron chi connectivity index (χ4n) is 1.21. The molecule has 0 fully saturated rings. The summed E-state index contributed by atoms with van der Waals surface area (Å²) in [6, 6.07) is 0. The van der Waals surface area contributed by atoms with Gasteiger partial charge in [-0.1, -0.05) is 20.8 Å². The first-order valence-electron chi connectivity index (χ1n) is 6.08. The summed E-state index contributed by atoms with van der Waals surface area (Å²) in [6.07, 6.45) is 0.534. The highest BCUT2D eigenvalue weighted by molar-refractivity contribution is 5.76. The molecule has 0 aliphatic carbocycles. The Morgan fingerprint density at radius 2 is 1.71 bits per heavy atom. The van der Waals surface area contributed by atoms with Crippen molar-refractivity contribution in [2.45, 2.75) is 27.2 Å². The van der Waals surface area contributed by atoms with E-state index in [1.165, 1.54) is 0 Å². The van der Waals surface area contributed by atoms with Crippen molar-refractivity contribution in [2.24, 2.45) is 11.1 Å². The first-order valence-corrected chi connectivity index (χ1v) is 6.08. The van der Waals surface area contributed by atoms with Crippen LogP contribution in [0.3, 0.4) is 0 Å². The molecule has 0 heterocycles. The first-order chi connectivity index (χ1) is 7.95. The highest BCUT2D eigenvalue weighted by Crippen LogP contribution is 2.17. The van der Waals surface area contributed by atoms with Gasteiger partial charge in [-0.15, -0.1) is 0 Å². The lowest BCUT2D eigenvalue weighted by molar-refractivity contribution is -0.123. The first kappa shape index (κ1) is 16.4. The molecule has 0 radical (unpaired) electrons. The smallest absolute Gasteiger partial charge is 0.220 e. The van der Waals surface area contributed by atoms with Crippen LogP contribution in [0.2, 0.25) is 0 Å². The summed E-state index contributed by atoms with van der Waals surface area (Å²) in [6.45, 7) is 9.36. The zero-order chi connectivity index (χ0) is 13.1. The topological polar surface area (TPSA) is 73.6 Å². The van der Waals surface area contributed by atoms with E-state index in [1.54, 1.807) is 0 Å². The Balaban J connectivity index is 3.25. The van der Waals surface area contributed by atoms with E-state index in [9.17, 15) is 4.79 Å². The van der Waals surface area contributed by atoms with Crippen LogP contribution in [0.1, 0.15) is 27.2 Å². The molecule has 0 aromatic carbocycles. The van der Waals surface area contributed by atoms with E-state index in [1.807, 2.05) is 20.8 Å². The molecule has 5 nitrogen and oxygen atoms in total. The fraction of sp³-hybridized carbons (Fsp3) is 0.917. The molecule has 0 aromatic heterocycles. The third kappa shape index (κ3) is 13.3. The summed E-state index contributed by atoms with van der Waals surface area (Å²) in [5.74, 6) is 0.0699. The summed E-state index contributed by atoms with van der Waals surface area (Å²) in [5.41, 5.74) is 5.29. The lowest BCUT2D eigenvalue weighted by atomic mass is 9.92. The van der Waals surface area contributed by atoms with Crippen molar-refractivity contribution < 1.29 is 14.3 Å². The Bertz CT molecular complexity index is 202. The molecule has 0 rings (SSSR count). The van der Waals surface area contributed by atoms with E-state index in [-0.39, 0.29) is 11.3 Å². The van der Waals surface area contributed by atoms with Crippen LogP contribution in [0, 0.1) is 5.41 Å².